The summed E-state index contributed by atoms with van der Waals surface area (Å²) < 4.78 is 0. The average molecular weight is 258 g/mol. The summed E-state index contributed by atoms with van der Waals surface area (Å²) in [5.41, 5.74) is 4.85. The average Bonchev–Trinajstić information content (AvgIpc) is 2.42. The van der Waals surface area contributed by atoms with Crippen LogP contribution in [0.15, 0.2) is 24.3 Å². The van der Waals surface area contributed by atoms with Gasteiger partial charge in [-0.2, -0.15) is 0 Å². The maximum absolute atomic E-state index is 12.0. The number of carbonyl (C=O) groups is 1. The Labute approximate surface area is 110 Å². The zero-order chi connectivity index (χ0) is 13.8. The SMILES string of the molecule is Cc1ccc(NC(=O)c2ccc(NN)nn2)c(C)n1. The van der Waals surface area contributed by atoms with Crippen LogP contribution in [0, 0.1) is 13.8 Å². The van der Waals surface area contributed by atoms with E-state index in [1.807, 2.05) is 19.9 Å². The van der Waals surface area contributed by atoms with E-state index in [2.05, 4.69) is 25.9 Å². The minimum absolute atomic E-state index is 0.207. The highest BCUT2D eigenvalue weighted by molar-refractivity contribution is 6.03. The highest BCUT2D eigenvalue weighted by Crippen LogP contribution is 2.13. The molecule has 0 unspecified atom stereocenters. The normalized spacial score (nSPS) is 10.1. The molecule has 0 radical (unpaired) electrons. The topological polar surface area (TPSA) is 106 Å². The van der Waals surface area contributed by atoms with Crippen LogP contribution in [0.2, 0.25) is 0 Å². The molecule has 0 fully saturated rings. The third-order valence-electron chi connectivity index (χ3n) is 2.52. The molecule has 0 saturated heterocycles. The van der Waals surface area contributed by atoms with E-state index in [4.69, 9.17) is 5.84 Å². The molecular formula is C12H14N6O. The molecule has 0 aliphatic rings. The van der Waals surface area contributed by atoms with Crippen molar-refractivity contribution in [2.24, 2.45) is 5.84 Å². The minimum Gasteiger partial charge on any atom is -0.319 e. The molecule has 0 spiro atoms. The molecule has 1 amide bonds. The van der Waals surface area contributed by atoms with Crippen LogP contribution in [0.3, 0.4) is 0 Å². The Morgan fingerprint density at radius 2 is 1.95 bits per heavy atom. The summed E-state index contributed by atoms with van der Waals surface area (Å²) in [5, 5.41) is 10.2. The number of aromatic nitrogens is 3. The second-order valence-corrected chi connectivity index (χ2v) is 3.99. The van der Waals surface area contributed by atoms with Crippen molar-refractivity contribution in [2.45, 2.75) is 13.8 Å². The highest BCUT2D eigenvalue weighted by atomic mass is 16.1. The zero-order valence-electron chi connectivity index (χ0n) is 10.6. The molecule has 0 aromatic carbocycles. The van der Waals surface area contributed by atoms with Gasteiger partial charge >= 0.3 is 0 Å². The van der Waals surface area contributed by atoms with E-state index in [0.717, 1.165) is 11.4 Å². The molecule has 2 rings (SSSR count). The molecule has 7 heteroatoms. The van der Waals surface area contributed by atoms with Crippen molar-refractivity contribution >= 4 is 17.4 Å². The Bertz CT molecular complexity index is 596. The molecule has 2 heterocycles. The summed E-state index contributed by atoms with van der Waals surface area (Å²) in [6.45, 7) is 3.72. The monoisotopic (exact) mass is 258 g/mol. The number of aryl methyl sites for hydroxylation is 2. The van der Waals surface area contributed by atoms with E-state index in [9.17, 15) is 4.79 Å². The molecule has 2 aromatic heterocycles. The van der Waals surface area contributed by atoms with E-state index in [1.165, 1.54) is 6.07 Å². The summed E-state index contributed by atoms with van der Waals surface area (Å²) >= 11 is 0. The first-order valence-corrected chi connectivity index (χ1v) is 5.66. The number of hydrogen-bond acceptors (Lipinski definition) is 6. The number of nitrogens with two attached hydrogens (primary N) is 1. The fourth-order valence-electron chi connectivity index (χ4n) is 1.54. The fraction of sp³-hybridized carbons (Fsp3) is 0.167. The molecule has 0 bridgehead atoms. The van der Waals surface area contributed by atoms with Crippen LogP contribution < -0.4 is 16.6 Å². The van der Waals surface area contributed by atoms with Crippen LogP contribution >= 0.6 is 0 Å². The van der Waals surface area contributed by atoms with Gasteiger partial charge in [-0.3, -0.25) is 9.78 Å². The standard InChI is InChI=1S/C12H14N6O/c1-7-3-4-9(8(2)14-7)15-12(19)10-5-6-11(16-13)18-17-10/h3-6H,13H2,1-2H3,(H,15,19)(H,16,18). The number of carbonyl (C=O) groups excluding carboxylic acids is 1. The summed E-state index contributed by atoms with van der Waals surface area (Å²) in [6, 6.07) is 6.74. The van der Waals surface area contributed by atoms with Crippen LogP contribution in [-0.4, -0.2) is 21.1 Å². The van der Waals surface area contributed by atoms with E-state index in [1.54, 1.807) is 12.1 Å². The Morgan fingerprint density at radius 1 is 1.16 bits per heavy atom. The number of amides is 1. The third-order valence-corrected chi connectivity index (χ3v) is 2.52. The van der Waals surface area contributed by atoms with Crippen LogP contribution in [-0.2, 0) is 0 Å². The fourth-order valence-corrected chi connectivity index (χ4v) is 1.54. The lowest BCUT2D eigenvalue weighted by Crippen LogP contribution is -2.16. The lowest BCUT2D eigenvalue weighted by molar-refractivity contribution is 0.102. The second-order valence-electron chi connectivity index (χ2n) is 3.99. The summed E-state index contributed by atoms with van der Waals surface area (Å²) in [7, 11) is 0. The van der Waals surface area contributed by atoms with E-state index < -0.39 is 0 Å². The number of nitrogens with zero attached hydrogens (tertiary/aromatic N) is 3. The molecule has 0 aliphatic heterocycles. The quantitative estimate of drug-likeness (QED) is 0.560. The Hall–Kier alpha value is -2.54. The zero-order valence-corrected chi connectivity index (χ0v) is 10.6. The Morgan fingerprint density at radius 3 is 2.53 bits per heavy atom. The number of nitrogens with one attached hydrogen (secondary N) is 2. The first kappa shape index (κ1) is 12.9. The molecule has 0 saturated carbocycles. The molecule has 19 heavy (non-hydrogen) atoms. The van der Waals surface area contributed by atoms with Gasteiger partial charge in [0.15, 0.2) is 11.5 Å². The van der Waals surface area contributed by atoms with Crippen molar-refractivity contribution in [3.8, 4) is 0 Å². The van der Waals surface area contributed by atoms with Crippen LogP contribution in [0.25, 0.3) is 0 Å². The van der Waals surface area contributed by atoms with Crippen molar-refractivity contribution in [3.05, 3.63) is 41.3 Å². The van der Waals surface area contributed by atoms with Crippen LogP contribution in [0.5, 0.6) is 0 Å². The molecular weight excluding hydrogens is 244 g/mol. The van der Waals surface area contributed by atoms with Gasteiger partial charge in [0.05, 0.1) is 11.4 Å². The van der Waals surface area contributed by atoms with Crippen molar-refractivity contribution in [3.63, 3.8) is 0 Å². The van der Waals surface area contributed by atoms with Gasteiger partial charge in [0.2, 0.25) is 0 Å². The molecule has 0 aliphatic carbocycles. The van der Waals surface area contributed by atoms with Gasteiger partial charge in [0.25, 0.3) is 5.91 Å². The van der Waals surface area contributed by atoms with E-state index in [-0.39, 0.29) is 11.6 Å². The number of pyridine rings is 1. The first-order valence-electron chi connectivity index (χ1n) is 5.66. The highest BCUT2D eigenvalue weighted by Gasteiger charge is 2.10. The predicted molar refractivity (Wildman–Crippen MR) is 71.5 cm³/mol. The Kier molecular flexibility index (Phi) is 3.67. The van der Waals surface area contributed by atoms with Crippen molar-refractivity contribution < 1.29 is 4.79 Å². The van der Waals surface area contributed by atoms with Crippen LogP contribution in [0.4, 0.5) is 11.5 Å². The molecule has 7 nitrogen and oxygen atoms in total. The number of hydrogen-bond donors (Lipinski definition) is 3. The summed E-state index contributed by atoms with van der Waals surface area (Å²) in [6.07, 6.45) is 0. The number of anilines is 2. The summed E-state index contributed by atoms with van der Waals surface area (Å²) in [4.78, 5) is 16.2. The van der Waals surface area contributed by atoms with E-state index >= 15 is 0 Å². The smallest absolute Gasteiger partial charge is 0.276 e. The van der Waals surface area contributed by atoms with Crippen molar-refractivity contribution in [2.75, 3.05) is 10.7 Å². The number of nitrogen functional groups attached to an aromatic ring is 1. The first-order chi connectivity index (χ1) is 9.10. The lowest BCUT2D eigenvalue weighted by Gasteiger charge is -2.07. The lowest BCUT2D eigenvalue weighted by atomic mass is 10.2. The largest absolute Gasteiger partial charge is 0.319 e. The minimum atomic E-state index is -0.343. The van der Waals surface area contributed by atoms with E-state index in [0.29, 0.717) is 11.5 Å². The molecule has 98 valence electrons. The van der Waals surface area contributed by atoms with Gasteiger partial charge in [0, 0.05) is 5.69 Å². The molecule has 2 aromatic rings. The van der Waals surface area contributed by atoms with Gasteiger partial charge in [-0.05, 0) is 38.1 Å². The number of hydrazine groups is 1. The van der Waals surface area contributed by atoms with Gasteiger partial charge in [0.1, 0.15) is 0 Å². The molecule has 4 N–H and O–H groups in total. The maximum atomic E-state index is 12.0. The Balaban J connectivity index is 2.15. The maximum Gasteiger partial charge on any atom is 0.276 e. The van der Waals surface area contributed by atoms with Gasteiger partial charge < -0.3 is 10.7 Å². The summed E-state index contributed by atoms with van der Waals surface area (Å²) in [5.74, 6) is 5.22. The number of rotatable bonds is 3. The van der Waals surface area contributed by atoms with Crippen molar-refractivity contribution in [1.82, 2.24) is 15.2 Å². The molecule has 0 atom stereocenters. The predicted octanol–water partition coefficient (Wildman–Crippen LogP) is 1.03. The van der Waals surface area contributed by atoms with Gasteiger partial charge in [-0.15, -0.1) is 10.2 Å². The van der Waals surface area contributed by atoms with Gasteiger partial charge in [-0.25, -0.2) is 5.84 Å². The van der Waals surface area contributed by atoms with Crippen LogP contribution in [0.1, 0.15) is 21.9 Å². The third kappa shape index (κ3) is 3.02. The van der Waals surface area contributed by atoms with Gasteiger partial charge in [-0.1, -0.05) is 0 Å². The second kappa shape index (κ2) is 5.40. The van der Waals surface area contributed by atoms with Crippen molar-refractivity contribution in [1.29, 1.82) is 0 Å².